The van der Waals surface area contributed by atoms with E-state index in [9.17, 15) is 9.59 Å². The third-order valence-corrected chi connectivity index (χ3v) is 3.80. The number of hydrogen-bond donors (Lipinski definition) is 1. The number of carbonyl (C=O) groups is 2. The number of carbonyl (C=O) groups excluding carboxylic acids is 2. The molecule has 0 spiro atoms. The van der Waals surface area contributed by atoms with Gasteiger partial charge in [-0.3, -0.25) is 14.6 Å². The Kier molecular flexibility index (Phi) is 6.28. The molecule has 1 aromatic heterocycles. The molecule has 6 nitrogen and oxygen atoms in total. The summed E-state index contributed by atoms with van der Waals surface area (Å²) in [7, 11) is 1.76. The van der Waals surface area contributed by atoms with Crippen LogP contribution in [0.25, 0.3) is 6.08 Å². The SMILES string of the molecule is C[C@H](c1ccncc1)N(C)C(=O)/C=C\c1ccc(OCC(N)=O)cc1. The van der Waals surface area contributed by atoms with E-state index in [0.717, 1.165) is 11.1 Å². The predicted octanol–water partition coefficient (Wildman–Crippen LogP) is 2.18. The van der Waals surface area contributed by atoms with Crippen molar-refractivity contribution in [2.45, 2.75) is 13.0 Å². The van der Waals surface area contributed by atoms with Crippen molar-refractivity contribution in [3.63, 3.8) is 0 Å². The average Bonchev–Trinajstić information content (AvgIpc) is 2.64. The first-order valence-corrected chi connectivity index (χ1v) is 7.83. The molecule has 0 unspecified atom stereocenters. The second-order valence-corrected chi connectivity index (χ2v) is 5.56. The summed E-state index contributed by atoms with van der Waals surface area (Å²) in [6.45, 7) is 1.80. The molecule has 1 atom stereocenters. The fourth-order valence-electron chi connectivity index (χ4n) is 2.17. The first kappa shape index (κ1) is 18.2. The van der Waals surface area contributed by atoms with Gasteiger partial charge in [0.05, 0.1) is 6.04 Å². The quantitative estimate of drug-likeness (QED) is 0.784. The maximum Gasteiger partial charge on any atom is 0.255 e. The fraction of sp³-hybridized carbons (Fsp3) is 0.211. The molecular weight excluding hydrogens is 318 g/mol. The van der Waals surface area contributed by atoms with E-state index in [0.29, 0.717) is 5.75 Å². The summed E-state index contributed by atoms with van der Waals surface area (Å²) < 4.78 is 5.19. The Morgan fingerprint density at radius 1 is 1.20 bits per heavy atom. The largest absolute Gasteiger partial charge is 0.484 e. The van der Waals surface area contributed by atoms with Crippen molar-refractivity contribution in [1.29, 1.82) is 0 Å². The number of hydrogen-bond acceptors (Lipinski definition) is 4. The van der Waals surface area contributed by atoms with E-state index in [1.54, 1.807) is 54.7 Å². The summed E-state index contributed by atoms with van der Waals surface area (Å²) in [5.41, 5.74) is 6.90. The van der Waals surface area contributed by atoms with Crippen LogP contribution in [0.2, 0.25) is 0 Å². The summed E-state index contributed by atoms with van der Waals surface area (Å²) in [5.74, 6) is -0.0787. The Bertz CT molecular complexity index is 742. The van der Waals surface area contributed by atoms with Crippen molar-refractivity contribution < 1.29 is 14.3 Å². The summed E-state index contributed by atoms with van der Waals surface area (Å²) in [4.78, 5) is 28.6. The number of ether oxygens (including phenoxy) is 1. The smallest absolute Gasteiger partial charge is 0.255 e. The van der Waals surface area contributed by atoms with E-state index < -0.39 is 5.91 Å². The molecule has 0 fully saturated rings. The molecule has 0 saturated carbocycles. The lowest BCUT2D eigenvalue weighted by Crippen LogP contribution is -2.27. The Morgan fingerprint density at radius 3 is 2.44 bits per heavy atom. The molecule has 2 N–H and O–H groups in total. The zero-order valence-electron chi connectivity index (χ0n) is 14.3. The number of aromatic nitrogens is 1. The number of amides is 2. The monoisotopic (exact) mass is 339 g/mol. The Hall–Kier alpha value is -3.15. The van der Waals surface area contributed by atoms with Crippen molar-refractivity contribution in [2.75, 3.05) is 13.7 Å². The van der Waals surface area contributed by atoms with Crippen LogP contribution < -0.4 is 10.5 Å². The van der Waals surface area contributed by atoms with Crippen LogP contribution in [0.5, 0.6) is 5.75 Å². The van der Waals surface area contributed by atoms with E-state index in [-0.39, 0.29) is 18.6 Å². The molecule has 1 aromatic carbocycles. The number of nitrogens with zero attached hydrogens (tertiary/aromatic N) is 2. The molecule has 25 heavy (non-hydrogen) atoms. The topological polar surface area (TPSA) is 85.5 Å². The average molecular weight is 339 g/mol. The van der Waals surface area contributed by atoms with Gasteiger partial charge in [0.2, 0.25) is 5.91 Å². The van der Waals surface area contributed by atoms with Crippen LogP contribution in [0, 0.1) is 0 Å². The van der Waals surface area contributed by atoms with Gasteiger partial charge in [-0.1, -0.05) is 12.1 Å². The van der Waals surface area contributed by atoms with Crippen LogP contribution in [0.15, 0.2) is 54.9 Å². The number of primary amides is 1. The summed E-state index contributed by atoms with van der Waals surface area (Å²) in [6, 6.07) is 10.8. The third kappa shape index (κ3) is 5.46. The highest BCUT2D eigenvalue weighted by molar-refractivity contribution is 5.91. The molecule has 130 valence electrons. The minimum atomic E-state index is -0.527. The molecule has 0 radical (unpaired) electrons. The molecule has 2 rings (SSSR count). The highest BCUT2D eigenvalue weighted by atomic mass is 16.5. The van der Waals surface area contributed by atoms with Gasteiger partial charge in [-0.25, -0.2) is 0 Å². The van der Waals surface area contributed by atoms with Gasteiger partial charge in [0, 0.05) is 25.5 Å². The highest BCUT2D eigenvalue weighted by Gasteiger charge is 2.14. The third-order valence-electron chi connectivity index (χ3n) is 3.80. The predicted molar refractivity (Wildman–Crippen MR) is 95.6 cm³/mol. The zero-order valence-corrected chi connectivity index (χ0v) is 14.3. The van der Waals surface area contributed by atoms with Crippen molar-refractivity contribution in [2.24, 2.45) is 5.73 Å². The second-order valence-electron chi connectivity index (χ2n) is 5.56. The van der Waals surface area contributed by atoms with Crippen molar-refractivity contribution >= 4 is 17.9 Å². The standard InChI is InChI=1S/C19H21N3O3/c1-14(16-9-11-21-12-10-16)22(2)19(24)8-5-15-3-6-17(7-4-15)25-13-18(20)23/h3-12,14H,13H2,1-2H3,(H2,20,23)/b8-5-/t14-/m1/s1. The molecule has 1 heterocycles. The van der Waals surface area contributed by atoms with E-state index in [1.165, 1.54) is 6.08 Å². The number of nitrogens with two attached hydrogens (primary N) is 1. The van der Waals surface area contributed by atoms with E-state index in [2.05, 4.69) is 4.98 Å². The molecular formula is C19H21N3O3. The first-order chi connectivity index (χ1) is 12.0. The van der Waals surface area contributed by atoms with Crippen LogP contribution in [0.1, 0.15) is 24.1 Å². The first-order valence-electron chi connectivity index (χ1n) is 7.83. The fourth-order valence-corrected chi connectivity index (χ4v) is 2.17. The second kappa shape index (κ2) is 8.63. The normalized spacial score (nSPS) is 11.9. The summed E-state index contributed by atoms with van der Waals surface area (Å²) in [5, 5.41) is 0. The van der Waals surface area contributed by atoms with E-state index >= 15 is 0 Å². The van der Waals surface area contributed by atoms with E-state index in [1.807, 2.05) is 19.1 Å². The van der Waals surface area contributed by atoms with Crippen LogP contribution in [-0.2, 0) is 9.59 Å². The van der Waals surface area contributed by atoms with Gasteiger partial charge in [-0.2, -0.15) is 0 Å². The van der Waals surface area contributed by atoms with Gasteiger partial charge in [0.15, 0.2) is 6.61 Å². The van der Waals surface area contributed by atoms with Gasteiger partial charge >= 0.3 is 0 Å². The Balaban J connectivity index is 1.96. The number of pyridine rings is 1. The molecule has 0 aliphatic carbocycles. The van der Waals surface area contributed by atoms with Crippen molar-refractivity contribution in [3.8, 4) is 5.75 Å². The minimum absolute atomic E-state index is 0.0512. The number of benzene rings is 1. The van der Waals surface area contributed by atoms with Gasteiger partial charge in [-0.05, 0) is 48.4 Å². The molecule has 0 saturated heterocycles. The Morgan fingerprint density at radius 2 is 1.84 bits per heavy atom. The zero-order chi connectivity index (χ0) is 18.2. The molecule has 0 aliphatic heterocycles. The van der Waals surface area contributed by atoms with E-state index in [4.69, 9.17) is 10.5 Å². The summed E-state index contributed by atoms with van der Waals surface area (Å²) in [6.07, 6.45) is 6.68. The number of likely N-dealkylation sites (N-methyl/N-ethyl adjacent to an activating group) is 1. The summed E-state index contributed by atoms with van der Waals surface area (Å²) >= 11 is 0. The highest BCUT2D eigenvalue weighted by Crippen LogP contribution is 2.18. The van der Waals surface area contributed by atoms with Crippen LogP contribution >= 0.6 is 0 Å². The molecule has 0 aliphatic rings. The molecule has 2 amide bonds. The van der Waals surface area contributed by atoms with Gasteiger partial charge < -0.3 is 15.4 Å². The molecule has 0 bridgehead atoms. The van der Waals surface area contributed by atoms with Crippen LogP contribution in [0.3, 0.4) is 0 Å². The minimum Gasteiger partial charge on any atom is -0.484 e. The van der Waals surface area contributed by atoms with Crippen LogP contribution in [0.4, 0.5) is 0 Å². The van der Waals surface area contributed by atoms with Crippen molar-refractivity contribution in [1.82, 2.24) is 9.88 Å². The Labute approximate surface area is 146 Å². The number of rotatable bonds is 7. The van der Waals surface area contributed by atoms with Crippen molar-refractivity contribution in [3.05, 3.63) is 66.0 Å². The van der Waals surface area contributed by atoms with Crippen LogP contribution in [-0.4, -0.2) is 35.4 Å². The molecule has 2 aromatic rings. The maximum atomic E-state index is 12.3. The lowest BCUT2D eigenvalue weighted by atomic mass is 10.1. The van der Waals surface area contributed by atoms with Gasteiger partial charge in [0.1, 0.15) is 5.75 Å². The van der Waals surface area contributed by atoms with Gasteiger partial charge in [-0.15, -0.1) is 0 Å². The molecule has 6 heteroatoms. The lowest BCUT2D eigenvalue weighted by Gasteiger charge is -2.23. The maximum absolute atomic E-state index is 12.3. The lowest BCUT2D eigenvalue weighted by molar-refractivity contribution is -0.126. The van der Waals surface area contributed by atoms with Gasteiger partial charge in [0.25, 0.3) is 5.91 Å².